The van der Waals surface area contributed by atoms with Crippen molar-refractivity contribution in [1.82, 2.24) is 0 Å². The van der Waals surface area contributed by atoms with E-state index in [9.17, 15) is 71.9 Å². The van der Waals surface area contributed by atoms with Gasteiger partial charge in [-0.2, -0.15) is 0 Å². The fourth-order valence-corrected chi connectivity index (χ4v) is 13.1. The highest BCUT2D eigenvalue weighted by molar-refractivity contribution is 8.00. The van der Waals surface area contributed by atoms with Gasteiger partial charge in [0, 0.05) is 109 Å². The fourth-order valence-electron chi connectivity index (χ4n) is 11.8. The molecule has 1 aromatic carbocycles. The highest BCUT2D eigenvalue weighted by Crippen LogP contribution is 2.45. The van der Waals surface area contributed by atoms with Gasteiger partial charge in [0.05, 0.1) is 11.9 Å². The van der Waals surface area contributed by atoms with Crippen molar-refractivity contribution in [3.05, 3.63) is 30.3 Å². The number of benzene rings is 1. The molecule has 5 heterocycles. The first-order valence-electron chi connectivity index (χ1n) is 32.9. The van der Waals surface area contributed by atoms with E-state index in [-0.39, 0.29) is 6.61 Å². The lowest BCUT2D eigenvalue weighted by atomic mass is 9.96. The standard InChI is InChI=1S/C66H86O39S/c1-27(67)82-21-43(88-32(6)72)49(90-34(8)74)50(44(89-33(7)73)22-83-28(2)68)102-64-60(96-40(14)80)57(93-37(11)77)53(46(99-64)24-85-30(4)70)104-66-61(97-41(15)81)62(106-42-19-17-16-18-20-42)54(48(101-66)25-86-31(5)71)105-63-58(94-38(12)78)55-51(47(100-63)26-87-55)103-65-59(95-39(13)79)56(92-36(10)76)52(91-35(9)75)45(98-65)23-84-29(3)69/h16-20,43-66H,21-26H2,1-15H3/t43-,44+,45+,46+,47+,48+,49+,50+,51+,52+,53+,54+,55-,56-,57-,58+,59+,60+,61-,62+,63+,64+,65+,66+/m0/s1. The maximum atomic E-state index is 13.8. The highest BCUT2D eigenvalue weighted by atomic mass is 32.2. The van der Waals surface area contributed by atoms with E-state index >= 15 is 0 Å². The quantitative estimate of drug-likeness (QED) is 0.0666. The van der Waals surface area contributed by atoms with Crippen LogP contribution < -0.4 is 0 Å². The second kappa shape index (κ2) is 40.3. The number of ether oxygens (including phenoxy) is 24. The molecule has 0 unspecified atom stereocenters. The molecule has 0 aliphatic carbocycles. The predicted octanol–water partition coefficient (Wildman–Crippen LogP) is 0.119. The van der Waals surface area contributed by atoms with Crippen LogP contribution in [0, 0.1) is 0 Å². The SMILES string of the molecule is CC(=O)OC[C@H](OC(C)=O)[C@@H](OC(C)=O)[C@H](O[C@H]1O[C@H](COC(C)=O)[C@@H](O[C@H]2O[C@H](COC(C)=O)[C@@H](O[C@H]3O[C@@H]4CO[C@H]([C@H]3OC(C)=O)[C@@H]4O[C@H]3O[C@H](COC(C)=O)[C@@H](OC(C)=O)[C@H](OC(C)=O)[C@H]3OC(C)=O)[C@@H](Sc3ccccc3)[C@@H]2OC(C)=O)[C@H](OC(C)=O)[C@H]1OC(C)=O)[C@@H](COC(C)=O)OC(C)=O. The molecule has 2 bridgehead atoms. The Labute approximate surface area is 610 Å². The zero-order valence-electron chi connectivity index (χ0n) is 60.3. The molecule has 0 saturated carbocycles. The third kappa shape index (κ3) is 25.8. The summed E-state index contributed by atoms with van der Waals surface area (Å²) in [6.45, 7) is 10.1. The first-order chi connectivity index (χ1) is 49.9. The van der Waals surface area contributed by atoms with Gasteiger partial charge in [0.25, 0.3) is 0 Å². The maximum Gasteiger partial charge on any atom is 0.303 e. The van der Waals surface area contributed by atoms with Gasteiger partial charge in [-0.05, 0) is 12.1 Å². The summed E-state index contributed by atoms with van der Waals surface area (Å²) < 4.78 is 143. The number of carbonyl (C=O) groups is 15. The molecule has 5 saturated heterocycles. The average Bonchev–Trinajstić information content (AvgIpc) is 1.38. The Hall–Kier alpha value is -8.74. The van der Waals surface area contributed by atoms with E-state index in [0.717, 1.165) is 116 Å². The number of esters is 15. The molecular weight excluding hydrogens is 1450 g/mol. The van der Waals surface area contributed by atoms with E-state index in [4.69, 9.17) is 114 Å². The van der Waals surface area contributed by atoms with Crippen LogP contribution in [0.1, 0.15) is 104 Å². The lowest BCUT2D eigenvalue weighted by Crippen LogP contribution is -2.68. The third-order valence-electron chi connectivity index (χ3n) is 15.4. The zero-order valence-corrected chi connectivity index (χ0v) is 61.1. The van der Waals surface area contributed by atoms with Crippen LogP contribution in [0.3, 0.4) is 0 Å². The van der Waals surface area contributed by atoms with Crippen molar-refractivity contribution in [3.63, 3.8) is 0 Å². The molecule has 106 heavy (non-hydrogen) atoms. The van der Waals surface area contributed by atoms with Gasteiger partial charge in [0.15, 0.2) is 86.2 Å². The summed E-state index contributed by atoms with van der Waals surface area (Å²) in [6.07, 6.45) is -41.8. The normalized spacial score (nSPS) is 29.8. The Morgan fingerprint density at radius 3 is 1.17 bits per heavy atom. The van der Waals surface area contributed by atoms with E-state index in [0.29, 0.717) is 4.90 Å². The molecule has 590 valence electrons. The monoisotopic (exact) mass is 1530 g/mol. The predicted molar refractivity (Wildman–Crippen MR) is 339 cm³/mol. The molecule has 0 amide bonds. The van der Waals surface area contributed by atoms with Crippen molar-refractivity contribution in [1.29, 1.82) is 0 Å². The molecule has 0 N–H and O–H groups in total. The van der Waals surface area contributed by atoms with Crippen LogP contribution in [0.15, 0.2) is 35.2 Å². The molecule has 40 heteroatoms. The second-order valence-corrected chi connectivity index (χ2v) is 25.4. The summed E-state index contributed by atoms with van der Waals surface area (Å²) in [4.78, 5) is 194. The largest absolute Gasteiger partial charge is 0.463 e. The van der Waals surface area contributed by atoms with Crippen LogP contribution in [-0.2, 0) is 186 Å². The van der Waals surface area contributed by atoms with Crippen LogP contribution >= 0.6 is 11.8 Å². The van der Waals surface area contributed by atoms with Crippen LogP contribution in [0.25, 0.3) is 0 Å². The summed E-state index contributed by atoms with van der Waals surface area (Å²) >= 11 is 0.947. The lowest BCUT2D eigenvalue weighted by Gasteiger charge is -2.50. The third-order valence-corrected chi connectivity index (χ3v) is 16.7. The molecule has 39 nitrogen and oxygen atoms in total. The van der Waals surface area contributed by atoms with Gasteiger partial charge in [-0.3, -0.25) is 71.9 Å². The van der Waals surface area contributed by atoms with Gasteiger partial charge in [0.1, 0.15) is 88.0 Å². The van der Waals surface area contributed by atoms with E-state index < -0.39 is 269 Å². The number of fused-ring (bicyclic) bond motifs is 2. The summed E-state index contributed by atoms with van der Waals surface area (Å²) in [5, 5.41) is -1.42. The minimum absolute atomic E-state index is 0.370. The zero-order chi connectivity index (χ0) is 78.5. The molecule has 0 spiro atoms. The molecule has 5 fully saturated rings. The molecule has 0 radical (unpaired) electrons. The van der Waals surface area contributed by atoms with E-state index in [1.165, 1.54) is 0 Å². The van der Waals surface area contributed by atoms with E-state index in [1.54, 1.807) is 30.3 Å². The van der Waals surface area contributed by atoms with Crippen molar-refractivity contribution in [3.8, 4) is 0 Å². The van der Waals surface area contributed by atoms with Crippen molar-refractivity contribution >= 4 is 101 Å². The smallest absolute Gasteiger partial charge is 0.303 e. The Morgan fingerprint density at radius 2 is 0.708 bits per heavy atom. The lowest BCUT2D eigenvalue weighted by molar-refractivity contribution is -0.371. The van der Waals surface area contributed by atoms with E-state index in [1.807, 2.05) is 0 Å². The summed E-state index contributed by atoms with van der Waals surface area (Å²) in [5.41, 5.74) is 0. The van der Waals surface area contributed by atoms with Crippen LogP contribution in [-0.4, -0.2) is 276 Å². The summed E-state index contributed by atoms with van der Waals surface area (Å²) in [6, 6.07) is 8.22. The number of rotatable bonds is 33. The maximum absolute atomic E-state index is 13.8. The van der Waals surface area contributed by atoms with Gasteiger partial charge in [-0.25, -0.2) is 0 Å². The number of carbonyl (C=O) groups excluding carboxylic acids is 15. The fraction of sp³-hybridized carbons (Fsp3) is 0.682. The van der Waals surface area contributed by atoms with Crippen LogP contribution in [0.2, 0.25) is 0 Å². The number of hydrogen-bond acceptors (Lipinski definition) is 40. The second-order valence-electron chi connectivity index (χ2n) is 24.2. The van der Waals surface area contributed by atoms with Crippen molar-refractivity contribution in [2.75, 3.05) is 39.6 Å². The number of thioether (sulfide) groups is 1. The first-order valence-corrected chi connectivity index (χ1v) is 33.7. The van der Waals surface area contributed by atoms with Crippen LogP contribution in [0.5, 0.6) is 0 Å². The Kier molecular flexibility index (Phi) is 32.7. The molecule has 0 aromatic heterocycles. The molecule has 24 atom stereocenters. The first kappa shape index (κ1) is 86.2. The molecular formula is C66H86O39S. The molecule has 5 aliphatic rings. The average molecular weight is 1540 g/mol. The van der Waals surface area contributed by atoms with Gasteiger partial charge in [-0.1, -0.05) is 18.2 Å². The van der Waals surface area contributed by atoms with Gasteiger partial charge < -0.3 is 114 Å². The van der Waals surface area contributed by atoms with Gasteiger partial charge in [0.2, 0.25) is 0 Å². The van der Waals surface area contributed by atoms with Gasteiger partial charge in [-0.15, -0.1) is 11.8 Å². The van der Waals surface area contributed by atoms with Crippen molar-refractivity contribution in [2.45, 2.75) is 255 Å². The van der Waals surface area contributed by atoms with Crippen molar-refractivity contribution < 1.29 is 186 Å². The summed E-state index contributed by atoms with van der Waals surface area (Å²) in [7, 11) is 0. The molecule has 1 aromatic rings. The number of hydrogen-bond donors (Lipinski definition) is 0. The molecule has 5 aliphatic heterocycles. The molecule has 6 rings (SSSR count). The highest BCUT2D eigenvalue weighted by Gasteiger charge is 2.63. The topological polar surface area (TPSA) is 478 Å². The summed E-state index contributed by atoms with van der Waals surface area (Å²) in [5.74, 6) is -15.1. The Morgan fingerprint density at radius 1 is 0.349 bits per heavy atom. The Bertz CT molecular complexity index is 3290. The minimum Gasteiger partial charge on any atom is -0.463 e. The van der Waals surface area contributed by atoms with Crippen LogP contribution in [0.4, 0.5) is 0 Å². The Balaban J connectivity index is 1.51. The van der Waals surface area contributed by atoms with Gasteiger partial charge >= 0.3 is 89.5 Å². The van der Waals surface area contributed by atoms with E-state index in [2.05, 4.69) is 0 Å². The minimum atomic E-state index is -2.27. The van der Waals surface area contributed by atoms with Crippen molar-refractivity contribution in [2.24, 2.45) is 0 Å².